The summed E-state index contributed by atoms with van der Waals surface area (Å²) in [4.78, 5) is 66.6. The topological polar surface area (TPSA) is 113 Å². The fourth-order valence-electron chi connectivity index (χ4n) is 4.27. The van der Waals surface area contributed by atoms with Crippen molar-refractivity contribution in [1.29, 1.82) is 0 Å². The van der Waals surface area contributed by atoms with Crippen molar-refractivity contribution in [3.63, 3.8) is 0 Å². The van der Waals surface area contributed by atoms with E-state index in [0.717, 1.165) is 22.4 Å². The molecule has 0 spiro atoms. The second-order valence-corrected chi connectivity index (χ2v) is 8.92. The molecule has 1 fully saturated rings. The van der Waals surface area contributed by atoms with Crippen molar-refractivity contribution in [2.45, 2.75) is 51.5 Å². The Hall–Kier alpha value is -4.27. The molecule has 37 heavy (non-hydrogen) atoms. The molecule has 1 N–H and O–H groups in total. The molecule has 9 nitrogen and oxygen atoms in total. The van der Waals surface area contributed by atoms with Gasteiger partial charge in [0.15, 0.2) is 0 Å². The molecule has 2 aromatic rings. The number of imide groups is 1. The zero-order valence-electron chi connectivity index (χ0n) is 20.5. The Morgan fingerprint density at radius 1 is 0.838 bits per heavy atom. The molecule has 2 heterocycles. The minimum Gasteiger partial charge on any atom is -0.356 e. The zero-order valence-corrected chi connectivity index (χ0v) is 20.5. The third-order valence-electron chi connectivity index (χ3n) is 6.25. The number of para-hydroxylation sites is 1. The van der Waals surface area contributed by atoms with E-state index in [1.165, 1.54) is 0 Å². The fourth-order valence-corrected chi connectivity index (χ4v) is 4.27. The van der Waals surface area contributed by atoms with Gasteiger partial charge in [-0.25, -0.2) is 4.79 Å². The number of nitrogens with zero attached hydrogens (tertiary/aromatic N) is 2. The highest BCUT2D eigenvalue weighted by molar-refractivity contribution is 6.01. The predicted molar refractivity (Wildman–Crippen MR) is 138 cm³/mol. The lowest BCUT2D eigenvalue weighted by Crippen LogP contribution is -2.33. The van der Waals surface area contributed by atoms with E-state index >= 15 is 0 Å². The number of fused-ring (bicyclic) bond motifs is 2. The largest absolute Gasteiger partial charge is 0.356 e. The minimum absolute atomic E-state index is 0. The first-order valence-electron chi connectivity index (χ1n) is 12.4. The van der Waals surface area contributed by atoms with E-state index in [1.54, 1.807) is 4.90 Å². The van der Waals surface area contributed by atoms with Crippen LogP contribution in [0.3, 0.4) is 0 Å². The van der Waals surface area contributed by atoms with Gasteiger partial charge < -0.3 is 15.1 Å². The average Bonchev–Trinajstić information content (AvgIpc) is 3.20. The van der Waals surface area contributed by atoms with Crippen LogP contribution in [0.15, 0.2) is 48.5 Å². The molecule has 2 aliphatic heterocycles. The number of hydrogen-bond donors (Lipinski definition) is 1. The van der Waals surface area contributed by atoms with Crippen LogP contribution in [0.2, 0.25) is 0 Å². The van der Waals surface area contributed by atoms with Gasteiger partial charge >= 0.3 is 5.97 Å². The van der Waals surface area contributed by atoms with Gasteiger partial charge in [0, 0.05) is 33.7 Å². The summed E-state index contributed by atoms with van der Waals surface area (Å²) in [5.74, 6) is -2.11. The van der Waals surface area contributed by atoms with Crippen molar-refractivity contribution >= 4 is 47.4 Å². The molecule has 0 bridgehead atoms. The van der Waals surface area contributed by atoms with Crippen LogP contribution in [0.5, 0.6) is 0 Å². The summed E-state index contributed by atoms with van der Waals surface area (Å²) >= 11 is 0. The summed E-state index contributed by atoms with van der Waals surface area (Å²) in [6.07, 6.45) is 5.57. The van der Waals surface area contributed by atoms with E-state index in [-0.39, 0.29) is 45.5 Å². The molecule has 0 aliphatic carbocycles. The van der Waals surface area contributed by atoms with Gasteiger partial charge in [-0.3, -0.25) is 19.2 Å². The Kier molecular flexibility index (Phi) is 8.45. The van der Waals surface area contributed by atoms with E-state index in [0.29, 0.717) is 30.9 Å². The highest BCUT2D eigenvalue weighted by Gasteiger charge is 2.32. The molecule has 0 saturated carbocycles. The summed E-state index contributed by atoms with van der Waals surface area (Å²) in [5, 5.41) is 3.11. The molecule has 1 saturated heterocycles. The minimum atomic E-state index is -0.764. The van der Waals surface area contributed by atoms with E-state index in [4.69, 9.17) is 4.84 Å². The standard InChI is InChI=1S/C28H29N3O6.H2/c32-24(29-18-17-28(36)37-31-26(34)15-16-27(31)35)11-5-6-12-25(33)30-19-22-9-2-1-7-20(22)13-14-21-8-3-4-10-23(21)30;/h1-4,7-10,13-14H,5-6,11-12,15-19H2,(H,29,32);1H/b14-13-;. The van der Waals surface area contributed by atoms with Gasteiger partial charge in [-0.15, -0.1) is 5.06 Å². The molecular weight excluding hydrogens is 474 g/mol. The highest BCUT2D eigenvalue weighted by Crippen LogP contribution is 2.29. The second kappa shape index (κ2) is 12.1. The molecule has 2 aromatic carbocycles. The summed E-state index contributed by atoms with van der Waals surface area (Å²) in [5.41, 5.74) is 3.98. The lowest BCUT2D eigenvalue weighted by Gasteiger charge is -2.27. The van der Waals surface area contributed by atoms with E-state index in [2.05, 4.69) is 11.4 Å². The van der Waals surface area contributed by atoms with Crippen LogP contribution >= 0.6 is 0 Å². The highest BCUT2D eigenvalue weighted by atomic mass is 16.7. The molecule has 0 aromatic heterocycles. The number of benzene rings is 2. The fraction of sp³-hybridized carbons (Fsp3) is 0.321. The Morgan fingerprint density at radius 2 is 1.49 bits per heavy atom. The van der Waals surface area contributed by atoms with Gasteiger partial charge in [-0.1, -0.05) is 54.6 Å². The number of carbonyl (C=O) groups excluding carboxylic acids is 5. The Morgan fingerprint density at radius 3 is 2.27 bits per heavy atom. The van der Waals surface area contributed by atoms with Gasteiger partial charge in [0.1, 0.15) is 0 Å². The van der Waals surface area contributed by atoms with Crippen molar-refractivity contribution in [2.75, 3.05) is 11.4 Å². The third-order valence-corrected chi connectivity index (χ3v) is 6.25. The van der Waals surface area contributed by atoms with Crippen molar-refractivity contribution in [3.8, 4) is 0 Å². The number of nitrogens with one attached hydrogen (secondary N) is 1. The van der Waals surface area contributed by atoms with E-state index < -0.39 is 17.8 Å². The molecule has 194 valence electrons. The van der Waals surface area contributed by atoms with E-state index in [1.807, 2.05) is 54.6 Å². The number of amides is 4. The maximum Gasteiger partial charge on any atom is 0.334 e. The molecule has 4 amide bonds. The Balaban J connectivity index is 0.00000400. The second-order valence-electron chi connectivity index (χ2n) is 8.92. The lowest BCUT2D eigenvalue weighted by atomic mass is 10.0. The summed E-state index contributed by atoms with van der Waals surface area (Å²) in [6.45, 7) is 0.506. The normalized spacial score (nSPS) is 15.4. The molecular formula is C28H31N3O6. The summed E-state index contributed by atoms with van der Waals surface area (Å²) in [7, 11) is 0. The Labute approximate surface area is 216 Å². The lowest BCUT2D eigenvalue weighted by molar-refractivity contribution is -0.197. The van der Waals surface area contributed by atoms with E-state index in [9.17, 15) is 24.0 Å². The van der Waals surface area contributed by atoms with Crippen LogP contribution in [0.4, 0.5) is 5.69 Å². The van der Waals surface area contributed by atoms with Gasteiger partial charge in [0.25, 0.3) is 11.8 Å². The number of anilines is 1. The van der Waals surface area contributed by atoms with Crippen molar-refractivity contribution in [3.05, 3.63) is 65.2 Å². The molecule has 0 atom stereocenters. The van der Waals surface area contributed by atoms with Crippen molar-refractivity contribution < 1.29 is 30.2 Å². The summed E-state index contributed by atoms with van der Waals surface area (Å²) < 4.78 is 0. The quantitative estimate of drug-likeness (QED) is 0.411. The number of rotatable bonds is 9. The maximum absolute atomic E-state index is 13.2. The molecule has 2 aliphatic rings. The molecule has 0 radical (unpaired) electrons. The number of hydrogen-bond acceptors (Lipinski definition) is 6. The van der Waals surface area contributed by atoms with Crippen LogP contribution in [-0.2, 0) is 35.4 Å². The Bertz CT molecular complexity index is 1230. The van der Waals surface area contributed by atoms with Crippen molar-refractivity contribution in [1.82, 2.24) is 10.4 Å². The van der Waals surface area contributed by atoms with Crippen LogP contribution in [-0.4, -0.2) is 41.2 Å². The number of carbonyl (C=O) groups is 5. The van der Waals surface area contributed by atoms with Crippen LogP contribution < -0.4 is 10.2 Å². The molecule has 4 rings (SSSR count). The van der Waals surface area contributed by atoms with Gasteiger partial charge in [-0.05, 0) is 35.6 Å². The summed E-state index contributed by atoms with van der Waals surface area (Å²) in [6, 6.07) is 15.8. The monoisotopic (exact) mass is 505 g/mol. The maximum atomic E-state index is 13.2. The number of hydroxylamine groups is 2. The van der Waals surface area contributed by atoms with Crippen LogP contribution in [0.25, 0.3) is 12.2 Å². The number of unbranched alkanes of at least 4 members (excludes halogenated alkanes) is 1. The predicted octanol–water partition coefficient (Wildman–Crippen LogP) is 3.62. The van der Waals surface area contributed by atoms with Gasteiger partial charge in [0.2, 0.25) is 11.8 Å². The zero-order chi connectivity index (χ0) is 26.2. The average molecular weight is 506 g/mol. The molecule has 9 heteroatoms. The smallest absolute Gasteiger partial charge is 0.334 e. The first kappa shape index (κ1) is 25.8. The SMILES string of the molecule is O=C(CCCCC(=O)N1Cc2ccccc2/C=C\c2ccccc21)NCCC(=O)ON1C(=O)CCC1=O.[HH]. The van der Waals surface area contributed by atoms with Crippen LogP contribution in [0, 0.1) is 0 Å². The van der Waals surface area contributed by atoms with Crippen molar-refractivity contribution in [2.24, 2.45) is 0 Å². The van der Waals surface area contributed by atoms with Crippen LogP contribution in [0.1, 0.15) is 63.1 Å². The third kappa shape index (κ3) is 6.69. The van der Waals surface area contributed by atoms with Gasteiger partial charge in [-0.2, -0.15) is 0 Å². The first-order chi connectivity index (χ1) is 17.9. The molecule has 0 unspecified atom stereocenters. The first-order valence-corrected chi connectivity index (χ1v) is 12.4. The van der Waals surface area contributed by atoms with Gasteiger partial charge in [0.05, 0.1) is 18.7 Å².